The zero-order valence-electron chi connectivity index (χ0n) is 11.7. The number of nitrogens with two attached hydrogens (primary N) is 1. The first kappa shape index (κ1) is 18.2. The fourth-order valence-electron chi connectivity index (χ4n) is 1.55. The quantitative estimate of drug-likeness (QED) is 0.484. The molecule has 0 fully saturated rings. The van der Waals surface area contributed by atoms with E-state index in [1.165, 1.54) is 12.1 Å². The van der Waals surface area contributed by atoms with Crippen LogP contribution in [0.15, 0.2) is 17.0 Å². The van der Waals surface area contributed by atoms with Crippen molar-refractivity contribution < 1.29 is 16.8 Å². The largest absolute Gasteiger partial charge is 0.397 e. The molecule has 1 aromatic rings. The van der Waals surface area contributed by atoms with Crippen LogP contribution in [0.4, 0.5) is 5.69 Å². The molecule has 4 N–H and O–H groups in total. The lowest BCUT2D eigenvalue weighted by Gasteiger charge is -2.10. The second-order valence-electron chi connectivity index (χ2n) is 4.56. The Bertz CT molecular complexity index is 694. The topological polar surface area (TPSA) is 118 Å². The lowest BCUT2D eigenvalue weighted by molar-refractivity contribution is 0.575. The van der Waals surface area contributed by atoms with Crippen molar-refractivity contribution in [2.75, 3.05) is 25.1 Å². The van der Waals surface area contributed by atoms with Crippen LogP contribution in [0.5, 0.6) is 0 Å². The molecule has 7 nitrogen and oxygen atoms in total. The lowest BCUT2D eigenvalue weighted by Crippen LogP contribution is -2.29. The Morgan fingerprint density at radius 2 is 1.71 bits per heavy atom. The van der Waals surface area contributed by atoms with Crippen LogP contribution in [0.3, 0.4) is 0 Å². The van der Waals surface area contributed by atoms with E-state index in [1.807, 2.05) is 0 Å². The standard InChI is InChI=1S/C11H18ClN3O4S2/c1-8-6-9(7-10(13)11(8)12)21(18,19)15-5-3-4-14-20(2,16)17/h6-7,14-15H,3-5,13H2,1-2H3. The minimum absolute atomic E-state index is 0.0259. The molecule has 0 amide bonds. The van der Waals surface area contributed by atoms with Crippen molar-refractivity contribution >= 4 is 37.3 Å². The average Bonchev–Trinajstić information content (AvgIpc) is 2.33. The number of nitrogen functional groups attached to an aromatic ring is 1. The van der Waals surface area contributed by atoms with Gasteiger partial charge in [-0.15, -0.1) is 0 Å². The molecule has 0 aliphatic rings. The molecule has 0 saturated carbocycles. The second-order valence-corrected chi connectivity index (χ2v) is 8.54. The Morgan fingerprint density at radius 3 is 2.24 bits per heavy atom. The van der Waals surface area contributed by atoms with Crippen LogP contribution < -0.4 is 15.2 Å². The van der Waals surface area contributed by atoms with Crippen LogP contribution >= 0.6 is 11.6 Å². The molecule has 0 aliphatic carbocycles. The highest BCUT2D eigenvalue weighted by Crippen LogP contribution is 2.26. The summed E-state index contributed by atoms with van der Waals surface area (Å²) in [5.74, 6) is 0. The number of aryl methyl sites for hydroxylation is 1. The van der Waals surface area contributed by atoms with Crippen molar-refractivity contribution in [1.29, 1.82) is 0 Å². The summed E-state index contributed by atoms with van der Waals surface area (Å²) >= 11 is 5.88. The van der Waals surface area contributed by atoms with Crippen molar-refractivity contribution in [1.82, 2.24) is 9.44 Å². The molecule has 21 heavy (non-hydrogen) atoms. The number of hydrogen-bond donors (Lipinski definition) is 3. The number of rotatable bonds is 7. The van der Waals surface area contributed by atoms with Crippen molar-refractivity contribution in [3.05, 3.63) is 22.7 Å². The number of anilines is 1. The summed E-state index contributed by atoms with van der Waals surface area (Å²) in [7, 11) is -6.97. The molecule has 0 bridgehead atoms. The molecule has 0 saturated heterocycles. The maximum absolute atomic E-state index is 12.1. The van der Waals surface area contributed by atoms with Gasteiger partial charge in [0.25, 0.3) is 0 Å². The van der Waals surface area contributed by atoms with Gasteiger partial charge >= 0.3 is 0 Å². The molecule has 120 valence electrons. The average molecular weight is 356 g/mol. The van der Waals surface area contributed by atoms with Gasteiger partial charge in [-0.25, -0.2) is 26.3 Å². The molecule has 0 aromatic heterocycles. The summed E-state index contributed by atoms with van der Waals surface area (Å²) in [6.07, 6.45) is 1.37. The van der Waals surface area contributed by atoms with Gasteiger partial charge in [-0.2, -0.15) is 0 Å². The molecular formula is C11H18ClN3O4S2. The predicted molar refractivity (Wildman–Crippen MR) is 83.3 cm³/mol. The molecule has 0 atom stereocenters. The second kappa shape index (κ2) is 6.93. The fourth-order valence-corrected chi connectivity index (χ4v) is 3.37. The van der Waals surface area contributed by atoms with Gasteiger partial charge in [0, 0.05) is 13.1 Å². The Kier molecular flexibility index (Phi) is 6.00. The highest BCUT2D eigenvalue weighted by molar-refractivity contribution is 7.89. The Labute approximate surface area is 130 Å². The van der Waals surface area contributed by atoms with E-state index in [2.05, 4.69) is 9.44 Å². The van der Waals surface area contributed by atoms with E-state index in [-0.39, 0.29) is 23.7 Å². The van der Waals surface area contributed by atoms with Crippen LogP contribution in [0.1, 0.15) is 12.0 Å². The van der Waals surface area contributed by atoms with Gasteiger partial charge in [0.1, 0.15) is 0 Å². The summed E-state index contributed by atoms with van der Waals surface area (Å²) in [5, 5.41) is 0.325. The van der Waals surface area contributed by atoms with Crippen molar-refractivity contribution in [2.24, 2.45) is 0 Å². The maximum Gasteiger partial charge on any atom is 0.240 e. The van der Waals surface area contributed by atoms with Crippen molar-refractivity contribution in [3.63, 3.8) is 0 Å². The predicted octanol–water partition coefficient (Wildman–Crippen LogP) is 0.448. The summed E-state index contributed by atoms with van der Waals surface area (Å²) in [5.41, 5.74) is 6.40. The zero-order valence-corrected chi connectivity index (χ0v) is 14.1. The van der Waals surface area contributed by atoms with E-state index in [1.54, 1.807) is 6.92 Å². The molecule has 0 heterocycles. The molecule has 1 aromatic carbocycles. The summed E-state index contributed by atoms with van der Waals surface area (Å²) in [6, 6.07) is 2.71. The normalized spacial score (nSPS) is 12.5. The molecule has 0 radical (unpaired) electrons. The van der Waals surface area contributed by atoms with E-state index < -0.39 is 20.0 Å². The van der Waals surface area contributed by atoms with Crippen molar-refractivity contribution in [2.45, 2.75) is 18.2 Å². The van der Waals surface area contributed by atoms with Crippen molar-refractivity contribution in [3.8, 4) is 0 Å². The van der Waals surface area contributed by atoms with E-state index in [4.69, 9.17) is 17.3 Å². The van der Waals surface area contributed by atoms with Gasteiger partial charge in [0.15, 0.2) is 0 Å². The van der Waals surface area contributed by atoms with Gasteiger partial charge in [-0.3, -0.25) is 0 Å². The van der Waals surface area contributed by atoms with E-state index in [9.17, 15) is 16.8 Å². The Hall–Kier alpha value is -0.870. The van der Waals surface area contributed by atoms with Gasteiger partial charge in [-0.05, 0) is 31.0 Å². The van der Waals surface area contributed by atoms with Gasteiger partial charge in [0.05, 0.1) is 21.9 Å². The van der Waals surface area contributed by atoms with E-state index >= 15 is 0 Å². The first-order valence-electron chi connectivity index (χ1n) is 6.03. The van der Waals surface area contributed by atoms with Crippen LogP contribution in [0.2, 0.25) is 5.02 Å². The first-order valence-corrected chi connectivity index (χ1v) is 9.78. The Morgan fingerprint density at radius 1 is 1.14 bits per heavy atom. The van der Waals surface area contributed by atoms with Gasteiger partial charge < -0.3 is 5.73 Å². The number of sulfonamides is 2. The monoisotopic (exact) mass is 355 g/mol. The van der Waals surface area contributed by atoms with E-state index in [0.717, 1.165) is 6.26 Å². The third-order valence-electron chi connectivity index (χ3n) is 2.58. The molecule has 1 rings (SSSR count). The summed E-state index contributed by atoms with van der Waals surface area (Å²) in [4.78, 5) is 0.0259. The molecule has 0 spiro atoms. The molecular weight excluding hydrogens is 338 g/mol. The number of halogens is 1. The maximum atomic E-state index is 12.1. The third kappa shape index (κ3) is 5.79. The Balaban J connectivity index is 2.66. The molecule has 0 unspecified atom stereocenters. The summed E-state index contributed by atoms with van der Waals surface area (Å²) in [6.45, 7) is 1.92. The highest BCUT2D eigenvalue weighted by atomic mass is 35.5. The number of nitrogens with one attached hydrogen (secondary N) is 2. The zero-order chi connectivity index (χ0) is 16.3. The molecule has 10 heteroatoms. The third-order valence-corrected chi connectivity index (χ3v) is 5.26. The SMILES string of the molecule is Cc1cc(S(=O)(=O)NCCCNS(C)(=O)=O)cc(N)c1Cl. The highest BCUT2D eigenvalue weighted by Gasteiger charge is 2.16. The first-order chi connectivity index (χ1) is 9.53. The molecule has 0 aliphatic heterocycles. The minimum Gasteiger partial charge on any atom is -0.397 e. The minimum atomic E-state index is -3.70. The van der Waals surface area contributed by atoms with E-state index in [0.29, 0.717) is 17.0 Å². The van der Waals surface area contributed by atoms with Gasteiger partial charge in [-0.1, -0.05) is 11.6 Å². The van der Waals surface area contributed by atoms with Crippen LogP contribution in [-0.2, 0) is 20.0 Å². The van der Waals surface area contributed by atoms with Crippen LogP contribution in [-0.4, -0.2) is 36.2 Å². The lowest BCUT2D eigenvalue weighted by atomic mass is 10.2. The number of benzene rings is 1. The number of hydrogen-bond acceptors (Lipinski definition) is 5. The summed E-state index contributed by atoms with van der Waals surface area (Å²) < 4.78 is 50.5. The fraction of sp³-hybridized carbons (Fsp3) is 0.455. The van der Waals surface area contributed by atoms with Gasteiger partial charge in [0.2, 0.25) is 20.0 Å². The van der Waals surface area contributed by atoms with Crippen LogP contribution in [0.25, 0.3) is 0 Å². The van der Waals surface area contributed by atoms with Crippen LogP contribution in [0, 0.1) is 6.92 Å². The smallest absolute Gasteiger partial charge is 0.240 e.